The van der Waals surface area contributed by atoms with Crippen molar-refractivity contribution in [1.82, 2.24) is 20.4 Å². The molecule has 0 aliphatic carbocycles. The molecule has 25 heavy (non-hydrogen) atoms. The van der Waals surface area contributed by atoms with Crippen molar-refractivity contribution in [3.63, 3.8) is 0 Å². The Labute approximate surface area is 156 Å². The van der Waals surface area contributed by atoms with Gasteiger partial charge in [-0.2, -0.15) is 0 Å². The smallest absolute Gasteiger partial charge is 0.166 e. The van der Waals surface area contributed by atoms with E-state index in [2.05, 4.69) is 34.1 Å². The first-order valence-electron chi connectivity index (χ1n) is 9.23. The van der Waals surface area contributed by atoms with E-state index in [0.29, 0.717) is 17.7 Å². The molecule has 1 aromatic rings. The van der Waals surface area contributed by atoms with Gasteiger partial charge in [0.25, 0.3) is 0 Å². The summed E-state index contributed by atoms with van der Waals surface area (Å²) in [6, 6.07) is 4.44. The molecule has 0 amide bonds. The van der Waals surface area contributed by atoms with Crippen molar-refractivity contribution in [2.24, 2.45) is 11.8 Å². The van der Waals surface area contributed by atoms with E-state index in [1.165, 1.54) is 32.5 Å². The molecule has 4 atom stereocenters. The van der Waals surface area contributed by atoms with E-state index in [1.807, 2.05) is 18.2 Å². The van der Waals surface area contributed by atoms with Crippen molar-refractivity contribution < 1.29 is 4.42 Å². The van der Waals surface area contributed by atoms with Crippen LogP contribution < -0.4 is 10.6 Å². The quantitative estimate of drug-likeness (QED) is 0.545. The molecule has 3 fully saturated rings. The number of thiocarbonyl (C=S) groups is 1. The largest absolute Gasteiger partial charge is 0.467 e. The molecule has 2 N–H and O–H groups in total. The van der Waals surface area contributed by atoms with Crippen LogP contribution in [0.1, 0.15) is 18.6 Å². The Balaban J connectivity index is 1.40. The highest BCUT2D eigenvalue weighted by molar-refractivity contribution is 7.80. The van der Waals surface area contributed by atoms with Crippen LogP contribution in [0.2, 0.25) is 0 Å². The van der Waals surface area contributed by atoms with Crippen LogP contribution in [0.4, 0.5) is 0 Å². The van der Waals surface area contributed by atoms with Crippen molar-refractivity contribution in [3.05, 3.63) is 36.8 Å². The molecule has 3 aliphatic heterocycles. The topological polar surface area (TPSA) is 43.7 Å². The van der Waals surface area contributed by atoms with Crippen molar-refractivity contribution in [2.45, 2.75) is 25.4 Å². The second-order valence-electron chi connectivity index (χ2n) is 7.35. The normalized spacial score (nSPS) is 28.1. The third kappa shape index (κ3) is 5.06. The summed E-state index contributed by atoms with van der Waals surface area (Å²) in [7, 11) is 2.20. The second-order valence-corrected chi connectivity index (χ2v) is 7.75. The molecule has 0 aromatic carbocycles. The molecule has 0 spiro atoms. The van der Waals surface area contributed by atoms with Gasteiger partial charge in [0.1, 0.15) is 5.76 Å². The molecular weight excluding hydrogens is 332 g/mol. The summed E-state index contributed by atoms with van der Waals surface area (Å²) in [6.45, 7) is 9.99. The van der Waals surface area contributed by atoms with Gasteiger partial charge in [0, 0.05) is 32.2 Å². The molecule has 1 aromatic heterocycles. The zero-order valence-corrected chi connectivity index (χ0v) is 15.9. The van der Waals surface area contributed by atoms with Crippen molar-refractivity contribution >= 4 is 17.3 Å². The summed E-state index contributed by atoms with van der Waals surface area (Å²) in [5, 5.41) is 7.31. The number of fused-ring (bicyclic) bond motifs is 3. The van der Waals surface area contributed by atoms with Gasteiger partial charge in [0.15, 0.2) is 5.11 Å². The van der Waals surface area contributed by atoms with E-state index in [4.69, 9.17) is 16.6 Å². The average molecular weight is 363 g/mol. The highest BCUT2D eigenvalue weighted by atomic mass is 32.1. The number of nitrogens with one attached hydrogen (secondary N) is 2. The molecular formula is C19H30N4OS. The standard InChI is InChI=1S/C19H30N4OS/c1-3-7-22(2)13-16-14-23-8-6-15(16)10-17(23)11-20-19(25)21-12-18-5-4-9-24-18/h3-5,9,15-17H,1,6-8,10-14H2,2H3,(H2,20,21,25)/t15-,16+,17+/m0/s1. The minimum atomic E-state index is 0.600. The summed E-state index contributed by atoms with van der Waals surface area (Å²) in [4.78, 5) is 5.04. The number of hydrogen-bond donors (Lipinski definition) is 2. The van der Waals surface area contributed by atoms with Crippen LogP contribution in [0.25, 0.3) is 0 Å². The molecule has 3 aliphatic rings. The van der Waals surface area contributed by atoms with Crippen LogP contribution in [0, 0.1) is 11.8 Å². The highest BCUT2D eigenvalue weighted by Crippen LogP contribution is 2.36. The van der Waals surface area contributed by atoms with Crippen LogP contribution in [0.15, 0.2) is 35.5 Å². The lowest BCUT2D eigenvalue weighted by Crippen LogP contribution is -2.58. The lowest BCUT2D eigenvalue weighted by molar-refractivity contribution is -0.00669. The Kier molecular flexibility index (Phi) is 6.51. The number of nitrogens with zero attached hydrogens (tertiary/aromatic N) is 2. The third-order valence-corrected chi connectivity index (χ3v) is 5.79. The molecule has 4 heterocycles. The van der Waals surface area contributed by atoms with E-state index in [-0.39, 0.29) is 0 Å². The highest BCUT2D eigenvalue weighted by Gasteiger charge is 2.39. The lowest BCUT2D eigenvalue weighted by atomic mass is 9.75. The van der Waals surface area contributed by atoms with Crippen LogP contribution in [0.5, 0.6) is 0 Å². The second kappa shape index (κ2) is 8.83. The Bertz CT molecular complexity index is 562. The molecule has 6 heteroatoms. The number of hydrogen-bond acceptors (Lipinski definition) is 4. The molecule has 3 saturated heterocycles. The van der Waals surface area contributed by atoms with Gasteiger partial charge in [0.05, 0.1) is 12.8 Å². The Morgan fingerprint density at radius 1 is 1.52 bits per heavy atom. The first-order chi connectivity index (χ1) is 12.2. The number of rotatable bonds is 8. The molecule has 4 rings (SSSR count). The van der Waals surface area contributed by atoms with Crippen LogP contribution >= 0.6 is 12.2 Å². The van der Waals surface area contributed by atoms with Gasteiger partial charge in [-0.05, 0) is 62.6 Å². The summed E-state index contributed by atoms with van der Waals surface area (Å²) in [6.07, 6.45) is 6.29. The van der Waals surface area contributed by atoms with Gasteiger partial charge in [0.2, 0.25) is 0 Å². The summed E-state index contributed by atoms with van der Waals surface area (Å²) >= 11 is 5.39. The molecule has 1 unspecified atom stereocenters. The Hall–Kier alpha value is -1.37. The maximum Gasteiger partial charge on any atom is 0.166 e. The predicted molar refractivity (Wildman–Crippen MR) is 105 cm³/mol. The maximum absolute atomic E-state index is 5.39. The zero-order valence-electron chi connectivity index (χ0n) is 15.1. The molecule has 0 saturated carbocycles. The average Bonchev–Trinajstić information content (AvgIpc) is 3.13. The predicted octanol–water partition coefficient (Wildman–Crippen LogP) is 2.07. The fourth-order valence-corrected chi connectivity index (χ4v) is 4.37. The van der Waals surface area contributed by atoms with Gasteiger partial charge in [-0.1, -0.05) is 6.08 Å². The van der Waals surface area contributed by atoms with Crippen LogP contribution in [-0.4, -0.2) is 60.7 Å². The molecule has 138 valence electrons. The summed E-state index contributed by atoms with van der Waals surface area (Å²) < 4.78 is 5.31. The monoisotopic (exact) mass is 362 g/mol. The zero-order chi connectivity index (χ0) is 17.6. The first-order valence-corrected chi connectivity index (χ1v) is 9.64. The molecule has 0 radical (unpaired) electrons. The lowest BCUT2D eigenvalue weighted by Gasteiger charge is -2.50. The van der Waals surface area contributed by atoms with E-state index in [0.717, 1.165) is 30.7 Å². The SMILES string of the molecule is C=CCN(C)C[C@@H]1CN2CC[C@H]1C[C@@H]2CNC(=S)NCc1ccco1. The number of furan rings is 1. The number of likely N-dealkylation sites (N-methyl/N-ethyl adjacent to an activating group) is 1. The van der Waals surface area contributed by atoms with E-state index < -0.39 is 0 Å². The summed E-state index contributed by atoms with van der Waals surface area (Å²) in [5.74, 6) is 2.53. The van der Waals surface area contributed by atoms with Gasteiger partial charge in [-0.15, -0.1) is 6.58 Å². The van der Waals surface area contributed by atoms with E-state index in [9.17, 15) is 0 Å². The third-order valence-electron chi connectivity index (χ3n) is 5.50. The van der Waals surface area contributed by atoms with E-state index >= 15 is 0 Å². The van der Waals surface area contributed by atoms with E-state index in [1.54, 1.807) is 6.26 Å². The summed E-state index contributed by atoms with van der Waals surface area (Å²) in [5.41, 5.74) is 0. The minimum absolute atomic E-state index is 0.600. The van der Waals surface area contributed by atoms with Gasteiger partial charge < -0.3 is 20.0 Å². The van der Waals surface area contributed by atoms with Crippen molar-refractivity contribution in [1.29, 1.82) is 0 Å². The fraction of sp³-hybridized carbons (Fsp3) is 0.632. The number of piperidine rings is 3. The van der Waals surface area contributed by atoms with Crippen LogP contribution in [0.3, 0.4) is 0 Å². The Morgan fingerprint density at radius 2 is 2.40 bits per heavy atom. The Morgan fingerprint density at radius 3 is 3.08 bits per heavy atom. The maximum atomic E-state index is 5.39. The van der Waals surface area contributed by atoms with Crippen LogP contribution in [-0.2, 0) is 6.54 Å². The van der Waals surface area contributed by atoms with Gasteiger partial charge in [-0.3, -0.25) is 4.90 Å². The first kappa shape index (κ1) is 18.4. The fourth-order valence-electron chi connectivity index (χ4n) is 4.22. The molecule has 5 nitrogen and oxygen atoms in total. The van der Waals surface area contributed by atoms with Crippen molar-refractivity contribution in [2.75, 3.05) is 39.8 Å². The van der Waals surface area contributed by atoms with Crippen molar-refractivity contribution in [3.8, 4) is 0 Å². The minimum Gasteiger partial charge on any atom is -0.467 e. The molecule has 2 bridgehead atoms. The van der Waals surface area contributed by atoms with Gasteiger partial charge >= 0.3 is 0 Å². The van der Waals surface area contributed by atoms with Gasteiger partial charge in [-0.25, -0.2) is 0 Å².